The maximum absolute atomic E-state index is 13.1. The fourth-order valence-corrected chi connectivity index (χ4v) is 1.85. The van der Waals surface area contributed by atoms with Gasteiger partial charge >= 0.3 is 6.18 Å². The summed E-state index contributed by atoms with van der Waals surface area (Å²) in [6, 6.07) is 8.36. The van der Waals surface area contributed by atoms with Crippen LogP contribution in [0.5, 0.6) is 0 Å². The lowest BCUT2D eigenvalue weighted by Gasteiger charge is -2.20. The highest BCUT2D eigenvalue weighted by atomic mass is 19.4. The Balaban J connectivity index is 3.01. The van der Waals surface area contributed by atoms with Crippen molar-refractivity contribution in [1.29, 1.82) is 5.26 Å². The Labute approximate surface area is 119 Å². The van der Waals surface area contributed by atoms with Crippen LogP contribution in [0.2, 0.25) is 0 Å². The number of alkyl halides is 3. The number of benzene rings is 1. The first-order chi connectivity index (χ1) is 9.81. The summed E-state index contributed by atoms with van der Waals surface area (Å²) in [4.78, 5) is 23.1. The highest BCUT2D eigenvalue weighted by Gasteiger charge is 2.43. The molecule has 0 saturated heterocycles. The zero-order valence-electron chi connectivity index (χ0n) is 11.1. The molecule has 0 radical (unpaired) electrons. The van der Waals surface area contributed by atoms with Crippen molar-refractivity contribution in [3.8, 4) is 6.07 Å². The Bertz CT molecular complexity index is 550. The number of Topliss-reactive ketones (excluding diaryl/α,β-unsaturated/α-hetero) is 1. The average Bonchev–Trinajstić information content (AvgIpc) is 2.45. The number of nitrogens with zero attached hydrogens (tertiary/aromatic N) is 1. The molecule has 1 amide bonds. The summed E-state index contributed by atoms with van der Waals surface area (Å²) in [5, 5.41) is 10.9. The van der Waals surface area contributed by atoms with Crippen LogP contribution in [0.4, 0.5) is 13.2 Å². The molecule has 0 heterocycles. The summed E-state index contributed by atoms with van der Waals surface area (Å²) in [7, 11) is 1.21. The Morgan fingerprint density at radius 2 is 1.86 bits per heavy atom. The molecular formula is C14H13F3N2O2. The fourth-order valence-electron chi connectivity index (χ4n) is 1.85. The summed E-state index contributed by atoms with van der Waals surface area (Å²) in [6.07, 6.45) is -5.58. The molecule has 0 aromatic heterocycles. The number of amides is 1. The minimum absolute atomic E-state index is 0.0769. The molecule has 0 bridgehead atoms. The second-order valence-corrected chi connectivity index (χ2v) is 4.35. The third-order valence-corrected chi connectivity index (χ3v) is 2.96. The number of carbonyl (C=O) groups excluding carboxylic acids is 2. The van der Waals surface area contributed by atoms with Gasteiger partial charge in [-0.1, -0.05) is 30.3 Å². The second-order valence-electron chi connectivity index (χ2n) is 4.35. The molecule has 0 aliphatic carbocycles. The fraction of sp³-hybridized carbons (Fsp3) is 0.357. The Hall–Kier alpha value is -2.36. The predicted octanol–water partition coefficient (Wildman–Crippen LogP) is 2.18. The van der Waals surface area contributed by atoms with Gasteiger partial charge in [0.15, 0.2) is 11.7 Å². The molecule has 0 fully saturated rings. The molecule has 1 aromatic carbocycles. The van der Waals surface area contributed by atoms with Crippen LogP contribution in [0, 0.1) is 17.2 Å². The predicted molar refractivity (Wildman–Crippen MR) is 68.0 cm³/mol. The van der Waals surface area contributed by atoms with E-state index >= 15 is 0 Å². The van der Waals surface area contributed by atoms with Gasteiger partial charge in [0.2, 0.25) is 5.91 Å². The number of nitrogens with one attached hydrogen (secondary N) is 1. The molecular weight excluding hydrogens is 285 g/mol. The Morgan fingerprint density at radius 1 is 1.29 bits per heavy atom. The van der Waals surface area contributed by atoms with Crippen LogP contribution in [-0.2, 0) is 9.59 Å². The first kappa shape index (κ1) is 16.7. The van der Waals surface area contributed by atoms with Crippen LogP contribution < -0.4 is 5.32 Å². The number of carbonyl (C=O) groups is 2. The van der Waals surface area contributed by atoms with Gasteiger partial charge in [-0.25, -0.2) is 0 Å². The van der Waals surface area contributed by atoms with E-state index in [1.165, 1.54) is 37.4 Å². The van der Waals surface area contributed by atoms with Crippen molar-refractivity contribution in [3.63, 3.8) is 0 Å². The summed E-state index contributed by atoms with van der Waals surface area (Å²) in [5.41, 5.74) is -0.0769. The smallest absolute Gasteiger partial charge is 0.358 e. The topological polar surface area (TPSA) is 70.0 Å². The quantitative estimate of drug-likeness (QED) is 0.847. The molecule has 2 atom stereocenters. The van der Waals surface area contributed by atoms with Crippen molar-refractivity contribution in [2.24, 2.45) is 5.92 Å². The van der Waals surface area contributed by atoms with E-state index in [4.69, 9.17) is 5.26 Å². The van der Waals surface area contributed by atoms with E-state index in [1.807, 2.05) is 0 Å². The summed E-state index contributed by atoms with van der Waals surface area (Å²) in [6.45, 7) is 0. The first-order valence-electron chi connectivity index (χ1n) is 6.06. The lowest BCUT2D eigenvalue weighted by molar-refractivity contribution is -0.158. The molecule has 4 nitrogen and oxygen atoms in total. The maximum atomic E-state index is 13.1. The van der Waals surface area contributed by atoms with Crippen molar-refractivity contribution in [3.05, 3.63) is 35.9 Å². The maximum Gasteiger partial charge on any atom is 0.396 e. The van der Waals surface area contributed by atoms with Gasteiger partial charge in [0.25, 0.3) is 0 Å². The van der Waals surface area contributed by atoms with E-state index in [0.717, 1.165) is 0 Å². The molecule has 0 aliphatic heterocycles. The Kier molecular flexibility index (Phi) is 5.47. The third kappa shape index (κ3) is 4.31. The highest BCUT2D eigenvalue weighted by molar-refractivity contribution is 6.04. The minimum atomic E-state index is -4.64. The summed E-state index contributed by atoms with van der Waals surface area (Å²) in [5.74, 6) is -5.73. The number of halogens is 3. The van der Waals surface area contributed by atoms with E-state index in [2.05, 4.69) is 5.32 Å². The van der Waals surface area contributed by atoms with Crippen molar-refractivity contribution in [2.75, 3.05) is 7.05 Å². The molecule has 0 unspecified atom stereocenters. The van der Waals surface area contributed by atoms with Crippen molar-refractivity contribution >= 4 is 11.7 Å². The molecule has 0 saturated carbocycles. The van der Waals surface area contributed by atoms with Gasteiger partial charge in [0, 0.05) is 13.5 Å². The first-order valence-corrected chi connectivity index (χ1v) is 6.06. The summed E-state index contributed by atoms with van der Waals surface area (Å²) < 4.78 is 39.2. The van der Waals surface area contributed by atoms with Gasteiger partial charge in [-0.15, -0.1) is 0 Å². The van der Waals surface area contributed by atoms with Gasteiger partial charge in [0.05, 0.1) is 12.0 Å². The lowest BCUT2D eigenvalue weighted by Crippen LogP contribution is -2.34. The third-order valence-electron chi connectivity index (χ3n) is 2.96. The normalized spacial score (nSPS) is 13.9. The van der Waals surface area contributed by atoms with E-state index in [1.54, 1.807) is 6.07 Å². The van der Waals surface area contributed by atoms with Crippen LogP contribution in [0.15, 0.2) is 30.3 Å². The standard InChI is InChI=1S/C14H13F3N2O2/c1-19-13(21)10(8-18)12(20)7-11(14(15,16)17)9-5-3-2-4-6-9/h2-6,10-11H,7H2,1H3,(H,19,21)/t10-,11+/m0/s1. The average molecular weight is 298 g/mol. The van der Waals surface area contributed by atoms with Gasteiger partial charge in [-0.3, -0.25) is 9.59 Å². The van der Waals surface area contributed by atoms with Gasteiger partial charge in [-0.2, -0.15) is 18.4 Å². The van der Waals surface area contributed by atoms with Crippen molar-refractivity contribution in [2.45, 2.75) is 18.5 Å². The highest BCUT2D eigenvalue weighted by Crippen LogP contribution is 2.38. The largest absolute Gasteiger partial charge is 0.396 e. The minimum Gasteiger partial charge on any atom is -0.358 e. The second kappa shape index (κ2) is 6.88. The van der Waals surface area contributed by atoms with Crippen LogP contribution in [0.3, 0.4) is 0 Å². The van der Waals surface area contributed by atoms with Gasteiger partial charge in [0.1, 0.15) is 0 Å². The molecule has 1 N–H and O–H groups in total. The van der Waals surface area contributed by atoms with Crippen LogP contribution in [-0.4, -0.2) is 24.9 Å². The van der Waals surface area contributed by atoms with Gasteiger partial charge in [-0.05, 0) is 5.56 Å². The number of rotatable bonds is 5. The monoisotopic (exact) mass is 298 g/mol. The van der Waals surface area contributed by atoms with E-state index in [-0.39, 0.29) is 5.56 Å². The number of nitriles is 1. The zero-order valence-corrected chi connectivity index (χ0v) is 11.1. The number of ketones is 1. The van der Waals surface area contributed by atoms with Crippen molar-refractivity contribution in [1.82, 2.24) is 5.32 Å². The van der Waals surface area contributed by atoms with Crippen LogP contribution in [0.25, 0.3) is 0 Å². The van der Waals surface area contributed by atoms with E-state index in [9.17, 15) is 22.8 Å². The Morgan fingerprint density at radius 3 is 2.29 bits per heavy atom. The molecule has 112 valence electrons. The van der Waals surface area contributed by atoms with Crippen LogP contribution in [0.1, 0.15) is 17.9 Å². The molecule has 7 heteroatoms. The molecule has 1 aromatic rings. The van der Waals surface area contributed by atoms with Gasteiger partial charge < -0.3 is 5.32 Å². The van der Waals surface area contributed by atoms with Crippen LogP contribution >= 0.6 is 0 Å². The zero-order chi connectivity index (χ0) is 16.0. The van der Waals surface area contributed by atoms with Crippen molar-refractivity contribution < 1.29 is 22.8 Å². The SMILES string of the molecule is CNC(=O)[C@@H](C#N)C(=O)C[C@H](c1ccccc1)C(F)(F)F. The lowest BCUT2D eigenvalue weighted by atomic mass is 9.89. The summed E-state index contributed by atoms with van der Waals surface area (Å²) >= 11 is 0. The van der Waals surface area contributed by atoms with E-state index in [0.29, 0.717) is 0 Å². The molecule has 0 aliphatic rings. The molecule has 21 heavy (non-hydrogen) atoms. The number of hydrogen-bond donors (Lipinski definition) is 1. The molecule has 1 rings (SSSR count). The van der Waals surface area contributed by atoms with E-state index < -0.39 is 36.1 Å². The molecule has 0 spiro atoms. The number of hydrogen-bond acceptors (Lipinski definition) is 3.